The fraction of sp³-hybridized carbons (Fsp3) is 0.467. The largest absolute Gasteiger partial charge is 0.375 e. The molecule has 0 atom stereocenters. The average Bonchev–Trinajstić information content (AvgIpc) is 2.38. The predicted molar refractivity (Wildman–Crippen MR) is 74.7 cm³/mol. The maximum Gasteiger partial charge on any atom is 0.226 e. The van der Waals surface area contributed by atoms with Crippen molar-refractivity contribution >= 4 is 11.6 Å². The molecule has 0 aliphatic rings. The Morgan fingerprint density at radius 2 is 2.21 bits per heavy atom. The van der Waals surface area contributed by atoms with Crippen molar-refractivity contribution in [2.45, 2.75) is 39.2 Å². The lowest BCUT2D eigenvalue weighted by atomic mass is 10.1. The van der Waals surface area contributed by atoms with Crippen molar-refractivity contribution in [3.63, 3.8) is 0 Å². The summed E-state index contributed by atoms with van der Waals surface area (Å²) in [6.07, 6.45) is 1.21. The fourth-order valence-corrected chi connectivity index (χ4v) is 1.41. The second-order valence-electron chi connectivity index (χ2n) is 4.95. The molecule has 0 saturated carbocycles. The van der Waals surface area contributed by atoms with E-state index in [1.807, 2.05) is 26.8 Å². The van der Waals surface area contributed by atoms with Gasteiger partial charge >= 0.3 is 0 Å². The van der Waals surface area contributed by atoms with Crippen LogP contribution in [0.25, 0.3) is 0 Å². The summed E-state index contributed by atoms with van der Waals surface area (Å²) in [5, 5.41) is 11.5. The molecule has 0 heterocycles. The van der Waals surface area contributed by atoms with Crippen LogP contribution >= 0.6 is 0 Å². The molecule has 0 fully saturated rings. The molecule has 0 spiro atoms. The summed E-state index contributed by atoms with van der Waals surface area (Å²) in [4.78, 5) is 11.7. The van der Waals surface area contributed by atoms with Gasteiger partial charge in [0.1, 0.15) is 0 Å². The standard InChI is InChI=1S/C15H20N2O2/c1-4-15(2,3)19-9-8-14(18)17-13-7-5-6-12(10-13)11-16/h5-7,10H,4,8-9H2,1-3H3,(H,17,18). The van der Waals surface area contributed by atoms with Crippen molar-refractivity contribution in [1.29, 1.82) is 5.26 Å². The summed E-state index contributed by atoms with van der Waals surface area (Å²) in [5.41, 5.74) is 0.973. The molecule has 0 aliphatic carbocycles. The Hall–Kier alpha value is -1.86. The summed E-state index contributed by atoms with van der Waals surface area (Å²) in [7, 11) is 0. The molecule has 1 N–H and O–H groups in total. The Kier molecular flexibility index (Phi) is 5.53. The lowest BCUT2D eigenvalue weighted by molar-refractivity contribution is -0.118. The molecule has 0 bridgehead atoms. The number of hydrogen-bond acceptors (Lipinski definition) is 3. The third-order valence-corrected chi connectivity index (χ3v) is 2.95. The zero-order valence-corrected chi connectivity index (χ0v) is 11.7. The molecule has 1 rings (SSSR count). The van der Waals surface area contributed by atoms with Gasteiger partial charge in [-0.2, -0.15) is 5.26 Å². The predicted octanol–water partition coefficient (Wildman–Crippen LogP) is 3.09. The van der Waals surface area contributed by atoms with Crippen LogP contribution in [0.15, 0.2) is 24.3 Å². The van der Waals surface area contributed by atoms with E-state index < -0.39 is 0 Å². The lowest BCUT2D eigenvalue weighted by Gasteiger charge is -2.23. The molecule has 4 nitrogen and oxygen atoms in total. The number of nitrogens with zero attached hydrogens (tertiary/aromatic N) is 1. The van der Waals surface area contributed by atoms with E-state index in [4.69, 9.17) is 10.00 Å². The van der Waals surface area contributed by atoms with Gasteiger partial charge in [0, 0.05) is 5.69 Å². The number of hydrogen-bond donors (Lipinski definition) is 1. The summed E-state index contributed by atoms with van der Waals surface area (Å²) >= 11 is 0. The van der Waals surface area contributed by atoms with Crippen molar-refractivity contribution in [2.75, 3.05) is 11.9 Å². The highest BCUT2D eigenvalue weighted by molar-refractivity contribution is 5.90. The first-order valence-corrected chi connectivity index (χ1v) is 6.41. The van der Waals surface area contributed by atoms with E-state index in [1.54, 1.807) is 24.3 Å². The number of carbonyl (C=O) groups is 1. The first-order valence-electron chi connectivity index (χ1n) is 6.41. The van der Waals surface area contributed by atoms with Gasteiger partial charge in [-0.05, 0) is 38.5 Å². The van der Waals surface area contributed by atoms with Crippen LogP contribution in [0.5, 0.6) is 0 Å². The Morgan fingerprint density at radius 3 is 2.84 bits per heavy atom. The monoisotopic (exact) mass is 260 g/mol. The summed E-state index contributed by atoms with van der Waals surface area (Å²) in [6, 6.07) is 8.88. The van der Waals surface area contributed by atoms with Crippen molar-refractivity contribution in [2.24, 2.45) is 0 Å². The highest BCUT2D eigenvalue weighted by Gasteiger charge is 2.15. The normalized spacial score (nSPS) is 10.8. The number of rotatable bonds is 6. The smallest absolute Gasteiger partial charge is 0.226 e. The highest BCUT2D eigenvalue weighted by Crippen LogP contribution is 2.14. The van der Waals surface area contributed by atoms with Gasteiger partial charge in [-0.25, -0.2) is 0 Å². The van der Waals surface area contributed by atoms with Crippen molar-refractivity contribution in [3.05, 3.63) is 29.8 Å². The third-order valence-electron chi connectivity index (χ3n) is 2.95. The molecule has 0 aromatic heterocycles. The number of amides is 1. The third kappa shape index (κ3) is 5.54. The maximum atomic E-state index is 11.7. The molecular weight excluding hydrogens is 240 g/mol. The maximum absolute atomic E-state index is 11.7. The zero-order valence-electron chi connectivity index (χ0n) is 11.7. The van der Waals surface area contributed by atoms with Gasteiger partial charge in [-0.1, -0.05) is 13.0 Å². The molecular formula is C15H20N2O2. The highest BCUT2D eigenvalue weighted by atomic mass is 16.5. The molecule has 1 aromatic rings. The molecule has 1 amide bonds. The second-order valence-corrected chi connectivity index (χ2v) is 4.95. The molecule has 0 unspecified atom stereocenters. The Bertz CT molecular complexity index is 475. The van der Waals surface area contributed by atoms with E-state index in [1.165, 1.54) is 0 Å². The first kappa shape index (κ1) is 15.2. The van der Waals surface area contributed by atoms with Gasteiger partial charge < -0.3 is 10.1 Å². The summed E-state index contributed by atoms with van der Waals surface area (Å²) in [5.74, 6) is -0.109. The Balaban J connectivity index is 2.41. The number of nitrogens with one attached hydrogen (secondary N) is 1. The van der Waals surface area contributed by atoms with E-state index >= 15 is 0 Å². The van der Waals surface area contributed by atoms with Crippen molar-refractivity contribution in [3.8, 4) is 6.07 Å². The molecule has 102 valence electrons. The first-order chi connectivity index (χ1) is 8.96. The number of carbonyl (C=O) groups excluding carboxylic acids is 1. The topological polar surface area (TPSA) is 62.1 Å². The van der Waals surface area contributed by atoms with E-state index in [9.17, 15) is 4.79 Å². The van der Waals surface area contributed by atoms with Gasteiger partial charge in [0.15, 0.2) is 0 Å². The van der Waals surface area contributed by atoms with Crippen LogP contribution in [0, 0.1) is 11.3 Å². The number of anilines is 1. The molecule has 0 radical (unpaired) electrons. The Morgan fingerprint density at radius 1 is 1.47 bits per heavy atom. The van der Waals surface area contributed by atoms with E-state index in [-0.39, 0.29) is 11.5 Å². The molecule has 0 saturated heterocycles. The van der Waals surface area contributed by atoms with Gasteiger partial charge in [-0.3, -0.25) is 4.79 Å². The van der Waals surface area contributed by atoms with Crippen LogP contribution in [0.4, 0.5) is 5.69 Å². The van der Waals surface area contributed by atoms with E-state index in [2.05, 4.69) is 5.32 Å². The minimum Gasteiger partial charge on any atom is -0.375 e. The minimum absolute atomic E-state index is 0.109. The zero-order chi connectivity index (χ0) is 14.3. The SMILES string of the molecule is CCC(C)(C)OCCC(=O)Nc1cccc(C#N)c1. The second kappa shape index (κ2) is 6.91. The van der Waals surface area contributed by atoms with Crippen LogP contribution in [0.2, 0.25) is 0 Å². The van der Waals surface area contributed by atoms with Crippen LogP contribution in [-0.4, -0.2) is 18.1 Å². The van der Waals surface area contributed by atoms with Crippen molar-refractivity contribution < 1.29 is 9.53 Å². The van der Waals surface area contributed by atoms with E-state index in [0.717, 1.165) is 6.42 Å². The number of ether oxygens (including phenoxy) is 1. The molecule has 0 aliphatic heterocycles. The Labute approximate surface area is 114 Å². The van der Waals surface area contributed by atoms with E-state index in [0.29, 0.717) is 24.3 Å². The average molecular weight is 260 g/mol. The van der Waals surface area contributed by atoms with Crippen LogP contribution in [0.1, 0.15) is 39.2 Å². The van der Waals surface area contributed by atoms with Gasteiger partial charge in [0.25, 0.3) is 0 Å². The number of benzene rings is 1. The molecule has 4 heteroatoms. The lowest BCUT2D eigenvalue weighted by Crippen LogP contribution is -2.25. The summed E-state index contributed by atoms with van der Waals surface area (Å²) < 4.78 is 5.62. The molecule has 19 heavy (non-hydrogen) atoms. The van der Waals surface area contributed by atoms with Gasteiger partial charge in [-0.15, -0.1) is 0 Å². The van der Waals surface area contributed by atoms with Gasteiger partial charge in [0.05, 0.1) is 30.3 Å². The summed E-state index contributed by atoms with van der Waals surface area (Å²) in [6.45, 7) is 6.45. The van der Waals surface area contributed by atoms with Crippen LogP contribution in [0.3, 0.4) is 0 Å². The number of nitriles is 1. The van der Waals surface area contributed by atoms with Gasteiger partial charge in [0.2, 0.25) is 5.91 Å². The fourth-order valence-electron chi connectivity index (χ4n) is 1.41. The van der Waals surface area contributed by atoms with Crippen LogP contribution < -0.4 is 5.32 Å². The molecule has 1 aromatic carbocycles. The van der Waals surface area contributed by atoms with Crippen LogP contribution in [-0.2, 0) is 9.53 Å². The van der Waals surface area contributed by atoms with Crippen molar-refractivity contribution in [1.82, 2.24) is 0 Å². The minimum atomic E-state index is -0.193. The quantitative estimate of drug-likeness (QED) is 0.855.